The lowest BCUT2D eigenvalue weighted by Crippen LogP contribution is -2.29. The van der Waals surface area contributed by atoms with Gasteiger partial charge in [0.05, 0.1) is 26.5 Å². The molecule has 20 heavy (non-hydrogen) atoms. The first-order chi connectivity index (χ1) is 9.69. The minimum absolute atomic E-state index is 0.391. The van der Waals surface area contributed by atoms with Crippen molar-refractivity contribution in [2.75, 3.05) is 14.2 Å². The number of ether oxygens (including phenoxy) is 2. The molecule has 0 aliphatic carbocycles. The molecule has 0 bridgehead atoms. The van der Waals surface area contributed by atoms with Gasteiger partial charge in [-0.05, 0) is 29.3 Å². The van der Waals surface area contributed by atoms with E-state index in [0.717, 1.165) is 11.8 Å². The Morgan fingerprint density at radius 1 is 1.10 bits per heavy atom. The smallest absolute Gasteiger partial charge is 0.161 e. The number of aromatic nitrogens is 1. The molecule has 0 spiro atoms. The van der Waals surface area contributed by atoms with Crippen molar-refractivity contribution >= 4 is 0 Å². The number of nitrogens with one attached hydrogen (secondary N) is 1. The fraction of sp³-hybridized carbons (Fsp3) is 0.214. The Morgan fingerprint density at radius 2 is 1.85 bits per heavy atom. The largest absolute Gasteiger partial charge is 0.493 e. The third-order valence-corrected chi connectivity index (χ3v) is 2.97. The van der Waals surface area contributed by atoms with Crippen molar-refractivity contribution in [3.63, 3.8) is 0 Å². The predicted molar refractivity (Wildman–Crippen MR) is 72.9 cm³/mol. The number of rotatable bonds is 5. The summed E-state index contributed by atoms with van der Waals surface area (Å²) in [7, 11) is 3.11. The lowest BCUT2D eigenvalue weighted by atomic mass is 10.0. The van der Waals surface area contributed by atoms with E-state index in [2.05, 4.69) is 10.4 Å². The van der Waals surface area contributed by atoms with Gasteiger partial charge in [-0.1, -0.05) is 6.07 Å². The van der Waals surface area contributed by atoms with Gasteiger partial charge in [-0.15, -0.1) is 0 Å². The van der Waals surface area contributed by atoms with Crippen LogP contribution in [0.1, 0.15) is 17.2 Å². The number of methoxy groups -OCH3 is 2. The Morgan fingerprint density at radius 3 is 2.45 bits per heavy atom. The molecule has 2 rings (SSSR count). The second-order valence-corrected chi connectivity index (χ2v) is 4.15. The monoisotopic (exact) mass is 277 g/mol. The fourth-order valence-corrected chi connectivity index (χ4v) is 2.00. The van der Waals surface area contributed by atoms with E-state index in [9.17, 15) is 4.39 Å². The number of pyridine rings is 1. The molecule has 1 unspecified atom stereocenters. The molecule has 5 nitrogen and oxygen atoms in total. The van der Waals surface area contributed by atoms with Crippen molar-refractivity contribution in [3.05, 3.63) is 53.6 Å². The van der Waals surface area contributed by atoms with Crippen LogP contribution >= 0.6 is 0 Å². The van der Waals surface area contributed by atoms with Crippen LogP contribution in [0.4, 0.5) is 4.39 Å². The molecular weight excluding hydrogens is 261 g/mol. The molecule has 0 radical (unpaired) electrons. The van der Waals surface area contributed by atoms with E-state index in [1.54, 1.807) is 32.5 Å². The van der Waals surface area contributed by atoms with Gasteiger partial charge < -0.3 is 9.47 Å². The number of hydrazine groups is 1. The van der Waals surface area contributed by atoms with Gasteiger partial charge in [0.2, 0.25) is 0 Å². The molecule has 0 fully saturated rings. The van der Waals surface area contributed by atoms with Crippen LogP contribution in [0.5, 0.6) is 11.5 Å². The summed E-state index contributed by atoms with van der Waals surface area (Å²) in [6.07, 6.45) is 2.70. The van der Waals surface area contributed by atoms with Crippen molar-refractivity contribution in [2.24, 2.45) is 5.84 Å². The quantitative estimate of drug-likeness (QED) is 0.644. The first kappa shape index (κ1) is 14.2. The fourth-order valence-electron chi connectivity index (χ4n) is 2.00. The Labute approximate surface area is 116 Å². The Balaban J connectivity index is 2.41. The SMILES string of the molecule is COc1ccc(C(NN)c2cncc(F)c2)cc1OC. The van der Waals surface area contributed by atoms with Crippen LogP contribution in [0.2, 0.25) is 0 Å². The van der Waals surface area contributed by atoms with Gasteiger partial charge in [0.25, 0.3) is 0 Å². The van der Waals surface area contributed by atoms with Crippen LogP contribution in [0, 0.1) is 5.82 Å². The molecule has 0 aliphatic rings. The van der Waals surface area contributed by atoms with E-state index >= 15 is 0 Å². The molecule has 6 heteroatoms. The summed E-state index contributed by atoms with van der Waals surface area (Å²) in [4.78, 5) is 3.83. The molecule has 0 saturated heterocycles. The second kappa shape index (κ2) is 6.31. The van der Waals surface area contributed by atoms with E-state index in [1.807, 2.05) is 6.07 Å². The van der Waals surface area contributed by atoms with Crippen LogP contribution in [0.25, 0.3) is 0 Å². The standard InChI is InChI=1S/C14H16FN3O2/c1-19-12-4-3-9(6-13(12)20-2)14(18-16)10-5-11(15)8-17-7-10/h3-8,14,18H,16H2,1-2H3. The molecule has 1 aromatic carbocycles. The number of nitrogens with zero attached hydrogens (tertiary/aromatic N) is 1. The molecule has 0 saturated carbocycles. The van der Waals surface area contributed by atoms with Crippen molar-refractivity contribution in [1.29, 1.82) is 0 Å². The Bertz CT molecular complexity index is 592. The van der Waals surface area contributed by atoms with E-state index in [4.69, 9.17) is 15.3 Å². The van der Waals surface area contributed by atoms with Crippen LogP contribution in [0.15, 0.2) is 36.7 Å². The summed E-state index contributed by atoms with van der Waals surface area (Å²) in [5.41, 5.74) is 4.09. The van der Waals surface area contributed by atoms with Gasteiger partial charge in [0.1, 0.15) is 5.82 Å². The van der Waals surface area contributed by atoms with Gasteiger partial charge in [0, 0.05) is 6.20 Å². The highest BCUT2D eigenvalue weighted by Crippen LogP contribution is 2.31. The predicted octanol–water partition coefficient (Wildman–Crippen LogP) is 1.79. The number of halogens is 1. The second-order valence-electron chi connectivity index (χ2n) is 4.15. The van der Waals surface area contributed by atoms with E-state index < -0.39 is 11.9 Å². The van der Waals surface area contributed by atoms with Crippen LogP contribution < -0.4 is 20.7 Å². The van der Waals surface area contributed by atoms with Crippen molar-refractivity contribution in [2.45, 2.75) is 6.04 Å². The molecule has 106 valence electrons. The molecule has 1 atom stereocenters. The zero-order chi connectivity index (χ0) is 14.5. The van der Waals surface area contributed by atoms with Crippen molar-refractivity contribution in [1.82, 2.24) is 10.4 Å². The maximum absolute atomic E-state index is 13.3. The highest BCUT2D eigenvalue weighted by atomic mass is 19.1. The Kier molecular flexibility index (Phi) is 4.49. The van der Waals surface area contributed by atoms with Crippen LogP contribution in [-0.2, 0) is 0 Å². The van der Waals surface area contributed by atoms with Gasteiger partial charge in [-0.3, -0.25) is 10.8 Å². The average molecular weight is 277 g/mol. The lowest BCUT2D eigenvalue weighted by Gasteiger charge is -2.18. The zero-order valence-electron chi connectivity index (χ0n) is 11.3. The number of hydrogen-bond donors (Lipinski definition) is 2. The van der Waals surface area contributed by atoms with Crippen molar-refractivity contribution in [3.8, 4) is 11.5 Å². The Hall–Kier alpha value is -2.18. The average Bonchev–Trinajstić information content (AvgIpc) is 2.48. The molecule has 2 aromatic rings. The molecular formula is C14H16FN3O2. The summed E-state index contributed by atoms with van der Waals surface area (Å²) >= 11 is 0. The first-order valence-corrected chi connectivity index (χ1v) is 5.98. The number of benzene rings is 1. The highest BCUT2D eigenvalue weighted by molar-refractivity contribution is 5.45. The third kappa shape index (κ3) is 2.87. The normalized spacial score (nSPS) is 12.0. The molecule has 1 aromatic heterocycles. The van der Waals surface area contributed by atoms with E-state index in [-0.39, 0.29) is 0 Å². The van der Waals surface area contributed by atoms with Crippen LogP contribution in [-0.4, -0.2) is 19.2 Å². The minimum atomic E-state index is -0.414. The van der Waals surface area contributed by atoms with Gasteiger partial charge in [0.15, 0.2) is 11.5 Å². The summed E-state index contributed by atoms with van der Waals surface area (Å²) in [5.74, 6) is 6.36. The van der Waals surface area contributed by atoms with Gasteiger partial charge in [-0.2, -0.15) is 0 Å². The topological polar surface area (TPSA) is 69.4 Å². The lowest BCUT2D eigenvalue weighted by molar-refractivity contribution is 0.354. The van der Waals surface area contributed by atoms with Gasteiger partial charge >= 0.3 is 0 Å². The van der Waals surface area contributed by atoms with E-state index in [0.29, 0.717) is 17.1 Å². The molecule has 0 aliphatic heterocycles. The zero-order valence-corrected chi connectivity index (χ0v) is 11.3. The van der Waals surface area contributed by atoms with Crippen LogP contribution in [0.3, 0.4) is 0 Å². The maximum atomic E-state index is 13.3. The van der Waals surface area contributed by atoms with E-state index in [1.165, 1.54) is 6.07 Å². The number of hydrogen-bond acceptors (Lipinski definition) is 5. The summed E-state index contributed by atoms with van der Waals surface area (Å²) in [6, 6.07) is 6.38. The maximum Gasteiger partial charge on any atom is 0.161 e. The van der Waals surface area contributed by atoms with Crippen molar-refractivity contribution < 1.29 is 13.9 Å². The molecule has 3 N–H and O–H groups in total. The van der Waals surface area contributed by atoms with Gasteiger partial charge in [-0.25, -0.2) is 9.82 Å². The molecule has 1 heterocycles. The summed E-state index contributed by atoms with van der Waals surface area (Å²) in [5, 5.41) is 0. The molecule has 0 amide bonds. The minimum Gasteiger partial charge on any atom is -0.493 e. The summed E-state index contributed by atoms with van der Waals surface area (Å²) < 4.78 is 23.7. The number of nitrogens with two attached hydrogens (primary N) is 1. The highest BCUT2D eigenvalue weighted by Gasteiger charge is 2.16. The first-order valence-electron chi connectivity index (χ1n) is 5.98. The third-order valence-electron chi connectivity index (χ3n) is 2.97. The summed E-state index contributed by atoms with van der Waals surface area (Å²) in [6.45, 7) is 0.